The predicted molar refractivity (Wildman–Crippen MR) is 47.9 cm³/mol. The lowest BCUT2D eigenvalue weighted by molar-refractivity contribution is 0.113. The molecule has 0 aromatic heterocycles. The van der Waals surface area contributed by atoms with E-state index in [0.717, 1.165) is 0 Å². The SMILES string of the molecule is CC(N=O)C(O)C(N)C(CN)N=O. The van der Waals surface area contributed by atoms with E-state index in [4.69, 9.17) is 11.5 Å². The van der Waals surface area contributed by atoms with Gasteiger partial charge in [-0.15, -0.1) is 0 Å². The summed E-state index contributed by atoms with van der Waals surface area (Å²) in [5.74, 6) is 0. The quantitative estimate of drug-likeness (QED) is 0.458. The normalized spacial score (nSPS) is 20.0. The molecule has 0 aliphatic heterocycles. The van der Waals surface area contributed by atoms with Crippen LogP contribution in [0.3, 0.4) is 0 Å². The monoisotopic (exact) mass is 190 g/mol. The second-order valence-corrected chi connectivity index (χ2v) is 2.82. The summed E-state index contributed by atoms with van der Waals surface area (Å²) in [7, 11) is 0. The van der Waals surface area contributed by atoms with Gasteiger partial charge in [-0.2, -0.15) is 9.81 Å². The molecule has 0 amide bonds. The molecule has 13 heavy (non-hydrogen) atoms. The zero-order chi connectivity index (χ0) is 10.4. The van der Waals surface area contributed by atoms with Crippen molar-refractivity contribution in [3.63, 3.8) is 0 Å². The average molecular weight is 190 g/mol. The first kappa shape index (κ1) is 12.1. The van der Waals surface area contributed by atoms with Crippen molar-refractivity contribution < 1.29 is 5.11 Å². The molecule has 7 nitrogen and oxygen atoms in total. The largest absolute Gasteiger partial charge is 0.389 e. The van der Waals surface area contributed by atoms with Gasteiger partial charge in [-0.3, -0.25) is 0 Å². The Morgan fingerprint density at radius 2 is 1.92 bits per heavy atom. The minimum atomic E-state index is -1.19. The van der Waals surface area contributed by atoms with Gasteiger partial charge >= 0.3 is 0 Å². The van der Waals surface area contributed by atoms with Crippen LogP contribution in [0.15, 0.2) is 10.4 Å². The van der Waals surface area contributed by atoms with E-state index in [9.17, 15) is 14.9 Å². The minimum Gasteiger partial charge on any atom is -0.389 e. The Kier molecular flexibility index (Phi) is 5.28. The Bertz CT molecular complexity index is 177. The third-order valence-corrected chi connectivity index (χ3v) is 1.88. The third-order valence-electron chi connectivity index (χ3n) is 1.88. The molecule has 0 aromatic rings. The van der Waals surface area contributed by atoms with Gasteiger partial charge in [0.1, 0.15) is 12.1 Å². The van der Waals surface area contributed by atoms with Gasteiger partial charge in [-0.25, -0.2) is 0 Å². The van der Waals surface area contributed by atoms with Gasteiger partial charge in [0.15, 0.2) is 0 Å². The second kappa shape index (κ2) is 5.68. The van der Waals surface area contributed by atoms with Crippen LogP contribution in [0.1, 0.15) is 6.92 Å². The van der Waals surface area contributed by atoms with E-state index < -0.39 is 24.2 Å². The summed E-state index contributed by atoms with van der Waals surface area (Å²) in [5.41, 5.74) is 10.6. The van der Waals surface area contributed by atoms with Crippen LogP contribution < -0.4 is 11.5 Å². The van der Waals surface area contributed by atoms with Crippen molar-refractivity contribution in [2.24, 2.45) is 21.8 Å². The summed E-state index contributed by atoms with van der Waals surface area (Å²) < 4.78 is 0. The van der Waals surface area contributed by atoms with Crippen LogP contribution in [-0.2, 0) is 0 Å². The Morgan fingerprint density at radius 1 is 1.38 bits per heavy atom. The van der Waals surface area contributed by atoms with Crippen molar-refractivity contribution in [1.82, 2.24) is 0 Å². The summed E-state index contributed by atoms with van der Waals surface area (Å²) in [6.07, 6.45) is -1.19. The van der Waals surface area contributed by atoms with E-state index in [1.54, 1.807) is 0 Å². The van der Waals surface area contributed by atoms with Crippen LogP contribution in [0, 0.1) is 9.81 Å². The molecule has 0 heterocycles. The smallest absolute Gasteiger partial charge is 0.122 e. The zero-order valence-corrected chi connectivity index (χ0v) is 7.33. The summed E-state index contributed by atoms with van der Waals surface area (Å²) in [4.78, 5) is 20.2. The van der Waals surface area contributed by atoms with E-state index in [-0.39, 0.29) is 6.54 Å². The maximum Gasteiger partial charge on any atom is 0.122 e. The number of aliphatic hydroxyl groups excluding tert-OH is 1. The molecule has 0 bridgehead atoms. The molecule has 0 saturated carbocycles. The first-order valence-electron chi connectivity index (χ1n) is 3.87. The molecular formula is C6H14N4O3. The number of rotatable bonds is 6. The highest BCUT2D eigenvalue weighted by Crippen LogP contribution is 2.06. The lowest BCUT2D eigenvalue weighted by atomic mass is 9.99. The Balaban J connectivity index is 4.29. The number of aliphatic hydroxyl groups is 1. The van der Waals surface area contributed by atoms with Gasteiger partial charge in [0.25, 0.3) is 0 Å². The third kappa shape index (κ3) is 3.13. The predicted octanol–water partition coefficient (Wildman–Crippen LogP) is -1.08. The summed E-state index contributed by atoms with van der Waals surface area (Å²) in [6, 6.07) is -2.71. The highest BCUT2D eigenvalue weighted by atomic mass is 16.3. The number of hydrogen-bond acceptors (Lipinski definition) is 7. The second-order valence-electron chi connectivity index (χ2n) is 2.82. The van der Waals surface area contributed by atoms with Crippen LogP contribution in [0.25, 0.3) is 0 Å². The van der Waals surface area contributed by atoms with Crippen molar-refractivity contribution in [3.05, 3.63) is 9.81 Å². The maximum atomic E-state index is 10.2. The average Bonchev–Trinajstić information content (AvgIpc) is 2.17. The fourth-order valence-electron chi connectivity index (χ4n) is 0.882. The molecule has 0 radical (unpaired) electrons. The number of nitroso groups, excluding NO2 is 2. The van der Waals surface area contributed by atoms with Crippen LogP contribution in [-0.4, -0.2) is 35.9 Å². The molecule has 0 fully saturated rings. The van der Waals surface area contributed by atoms with Crippen molar-refractivity contribution >= 4 is 0 Å². The van der Waals surface area contributed by atoms with E-state index in [1.807, 2.05) is 0 Å². The van der Waals surface area contributed by atoms with Gasteiger partial charge in [-0.1, -0.05) is 10.4 Å². The highest BCUT2D eigenvalue weighted by Gasteiger charge is 2.29. The molecule has 5 N–H and O–H groups in total. The molecular weight excluding hydrogens is 176 g/mol. The van der Waals surface area contributed by atoms with Gasteiger partial charge < -0.3 is 16.6 Å². The number of hydrogen-bond donors (Lipinski definition) is 3. The van der Waals surface area contributed by atoms with E-state index in [0.29, 0.717) is 0 Å². The summed E-state index contributed by atoms with van der Waals surface area (Å²) >= 11 is 0. The van der Waals surface area contributed by atoms with Gasteiger partial charge in [0.05, 0.1) is 12.1 Å². The maximum absolute atomic E-state index is 10.2. The van der Waals surface area contributed by atoms with Gasteiger partial charge in [0, 0.05) is 6.54 Å². The molecule has 0 saturated heterocycles. The molecule has 4 atom stereocenters. The molecule has 4 unspecified atom stereocenters. The van der Waals surface area contributed by atoms with Gasteiger partial charge in [-0.05, 0) is 6.92 Å². The minimum absolute atomic E-state index is 0.0622. The molecule has 7 heteroatoms. The van der Waals surface area contributed by atoms with E-state index in [1.165, 1.54) is 6.92 Å². The highest BCUT2D eigenvalue weighted by molar-refractivity contribution is 4.90. The topological polar surface area (TPSA) is 131 Å². The number of nitrogens with two attached hydrogens (primary N) is 2. The van der Waals surface area contributed by atoms with Crippen LogP contribution in [0.4, 0.5) is 0 Å². The molecule has 0 aliphatic rings. The van der Waals surface area contributed by atoms with E-state index in [2.05, 4.69) is 10.4 Å². The number of nitrogens with zero attached hydrogens (tertiary/aromatic N) is 2. The van der Waals surface area contributed by atoms with Crippen LogP contribution in [0.5, 0.6) is 0 Å². The summed E-state index contributed by atoms with van der Waals surface area (Å²) in [5, 5.41) is 14.6. The standard InChI is InChI=1S/C6H14N4O3/c1-3(9-12)6(11)5(8)4(2-7)10-13/h3-6,11H,2,7-8H2,1H3. The zero-order valence-electron chi connectivity index (χ0n) is 7.33. The Labute approximate surface area is 75.4 Å². The van der Waals surface area contributed by atoms with Crippen LogP contribution in [0.2, 0.25) is 0 Å². The Hall–Kier alpha value is -0.920. The van der Waals surface area contributed by atoms with Crippen molar-refractivity contribution in [2.45, 2.75) is 31.2 Å². The van der Waals surface area contributed by atoms with Crippen molar-refractivity contribution in [1.29, 1.82) is 0 Å². The molecule has 0 spiro atoms. The fraction of sp³-hybridized carbons (Fsp3) is 1.00. The van der Waals surface area contributed by atoms with Crippen molar-refractivity contribution in [2.75, 3.05) is 6.54 Å². The fourth-order valence-corrected chi connectivity index (χ4v) is 0.882. The molecule has 0 aliphatic carbocycles. The summed E-state index contributed by atoms with van der Waals surface area (Å²) in [6.45, 7) is 1.34. The molecule has 76 valence electrons. The van der Waals surface area contributed by atoms with Crippen molar-refractivity contribution in [3.8, 4) is 0 Å². The Morgan fingerprint density at radius 3 is 2.23 bits per heavy atom. The molecule has 0 rings (SSSR count). The van der Waals surface area contributed by atoms with Gasteiger partial charge in [0.2, 0.25) is 0 Å². The van der Waals surface area contributed by atoms with Crippen LogP contribution >= 0.6 is 0 Å². The lowest BCUT2D eigenvalue weighted by Crippen LogP contribution is -2.50. The van der Waals surface area contributed by atoms with E-state index >= 15 is 0 Å². The first-order chi connectivity index (χ1) is 6.08. The first-order valence-corrected chi connectivity index (χ1v) is 3.87. The lowest BCUT2D eigenvalue weighted by Gasteiger charge is -2.22. The molecule has 0 aromatic carbocycles.